The predicted octanol–water partition coefficient (Wildman–Crippen LogP) is 2.63. The van der Waals surface area contributed by atoms with Crippen molar-refractivity contribution in [1.82, 2.24) is 0 Å². The highest BCUT2D eigenvalue weighted by molar-refractivity contribution is 5.95. The molecule has 0 heterocycles. The van der Waals surface area contributed by atoms with Crippen LogP contribution in [0.25, 0.3) is 0 Å². The first kappa shape index (κ1) is 14.5. The van der Waals surface area contributed by atoms with Gasteiger partial charge in [0.25, 0.3) is 0 Å². The highest BCUT2D eigenvalue weighted by Crippen LogP contribution is 2.22. The molecule has 1 atom stereocenters. The first-order valence-electron chi connectivity index (χ1n) is 6.13. The smallest absolute Gasteiger partial charge is 0.340 e. The summed E-state index contributed by atoms with van der Waals surface area (Å²) >= 11 is 0. The third-order valence-electron chi connectivity index (χ3n) is 2.56. The summed E-state index contributed by atoms with van der Waals surface area (Å²) in [6, 6.07) is 5.17. The lowest BCUT2D eigenvalue weighted by Gasteiger charge is -2.20. The summed E-state index contributed by atoms with van der Waals surface area (Å²) in [5.41, 5.74) is 12.9. The molecule has 0 fully saturated rings. The Bertz CT molecular complexity index is 436. The van der Waals surface area contributed by atoms with E-state index < -0.39 is 11.6 Å². The number of rotatable bonds is 3. The molecule has 0 bridgehead atoms. The third kappa shape index (κ3) is 3.74. The van der Waals surface area contributed by atoms with Crippen LogP contribution in [-0.4, -0.2) is 11.6 Å². The SMILES string of the molecule is CCC(N)c1ccc(N)c(C(=O)OC(C)(C)C)c1. The van der Waals surface area contributed by atoms with E-state index in [-0.39, 0.29) is 6.04 Å². The lowest BCUT2D eigenvalue weighted by atomic mass is 10.0. The number of nitrogen functional groups attached to an aromatic ring is 1. The summed E-state index contributed by atoms with van der Waals surface area (Å²) in [5, 5.41) is 0. The number of hydrogen-bond acceptors (Lipinski definition) is 4. The molecule has 0 aliphatic rings. The Hall–Kier alpha value is -1.55. The normalized spacial score (nSPS) is 13.2. The number of hydrogen-bond donors (Lipinski definition) is 2. The van der Waals surface area contributed by atoms with Crippen LogP contribution in [0.3, 0.4) is 0 Å². The number of ether oxygens (including phenoxy) is 1. The molecule has 1 aromatic rings. The lowest BCUT2D eigenvalue weighted by Crippen LogP contribution is -2.24. The molecule has 0 radical (unpaired) electrons. The second kappa shape index (κ2) is 5.40. The van der Waals surface area contributed by atoms with Crippen molar-refractivity contribution in [3.8, 4) is 0 Å². The van der Waals surface area contributed by atoms with Crippen molar-refractivity contribution in [3.63, 3.8) is 0 Å². The van der Waals surface area contributed by atoms with Gasteiger partial charge in [0.1, 0.15) is 5.60 Å². The maximum absolute atomic E-state index is 12.0. The first-order chi connectivity index (χ1) is 8.24. The predicted molar refractivity (Wildman–Crippen MR) is 73.2 cm³/mol. The number of carbonyl (C=O) groups excluding carboxylic acids is 1. The molecule has 0 aromatic heterocycles. The van der Waals surface area contributed by atoms with Gasteiger partial charge in [-0.1, -0.05) is 13.0 Å². The maximum atomic E-state index is 12.0. The van der Waals surface area contributed by atoms with E-state index in [0.717, 1.165) is 12.0 Å². The number of nitrogens with two attached hydrogens (primary N) is 2. The van der Waals surface area contributed by atoms with Crippen LogP contribution in [0.5, 0.6) is 0 Å². The molecule has 1 rings (SSSR count). The van der Waals surface area contributed by atoms with E-state index in [1.165, 1.54) is 0 Å². The second-order valence-electron chi connectivity index (χ2n) is 5.36. The van der Waals surface area contributed by atoms with Crippen LogP contribution in [-0.2, 0) is 4.74 Å². The van der Waals surface area contributed by atoms with Crippen molar-refractivity contribution in [2.45, 2.75) is 45.8 Å². The summed E-state index contributed by atoms with van der Waals surface area (Å²) in [6.45, 7) is 7.46. The number of esters is 1. The number of carbonyl (C=O) groups is 1. The molecular weight excluding hydrogens is 228 g/mol. The van der Waals surface area contributed by atoms with Gasteiger partial charge in [-0.2, -0.15) is 0 Å². The monoisotopic (exact) mass is 250 g/mol. The number of benzene rings is 1. The Morgan fingerprint density at radius 1 is 1.39 bits per heavy atom. The van der Waals surface area contributed by atoms with Crippen LogP contribution in [0.2, 0.25) is 0 Å². The van der Waals surface area contributed by atoms with Gasteiger partial charge in [-0.25, -0.2) is 4.79 Å². The van der Waals surface area contributed by atoms with Gasteiger partial charge in [0.15, 0.2) is 0 Å². The van der Waals surface area contributed by atoms with Crippen molar-refractivity contribution >= 4 is 11.7 Å². The van der Waals surface area contributed by atoms with Crippen molar-refractivity contribution in [1.29, 1.82) is 0 Å². The Kier molecular flexibility index (Phi) is 4.35. The molecule has 4 N–H and O–H groups in total. The van der Waals surface area contributed by atoms with Crippen molar-refractivity contribution in [2.24, 2.45) is 5.73 Å². The Balaban J connectivity index is 3.04. The lowest BCUT2D eigenvalue weighted by molar-refractivity contribution is 0.00707. The molecule has 100 valence electrons. The molecular formula is C14H22N2O2. The van der Waals surface area contributed by atoms with E-state index in [1.54, 1.807) is 12.1 Å². The zero-order valence-corrected chi connectivity index (χ0v) is 11.5. The van der Waals surface area contributed by atoms with Gasteiger partial charge in [0, 0.05) is 11.7 Å². The summed E-state index contributed by atoms with van der Waals surface area (Å²) < 4.78 is 5.31. The second-order valence-corrected chi connectivity index (χ2v) is 5.36. The van der Waals surface area contributed by atoms with Crippen LogP contribution in [0.1, 0.15) is 56.1 Å². The fourth-order valence-electron chi connectivity index (χ4n) is 1.55. The Labute approximate surface area is 108 Å². The van der Waals surface area contributed by atoms with Gasteiger partial charge in [-0.05, 0) is 44.9 Å². The standard InChI is InChI=1S/C14H22N2O2/c1-5-11(15)9-6-7-12(16)10(8-9)13(17)18-14(2,3)4/h6-8,11H,5,15-16H2,1-4H3. The molecule has 0 spiro atoms. The number of anilines is 1. The summed E-state index contributed by atoms with van der Waals surface area (Å²) in [4.78, 5) is 12.0. The largest absolute Gasteiger partial charge is 0.456 e. The molecule has 0 amide bonds. The van der Waals surface area contributed by atoms with Crippen molar-refractivity contribution < 1.29 is 9.53 Å². The minimum Gasteiger partial charge on any atom is -0.456 e. The molecule has 18 heavy (non-hydrogen) atoms. The van der Waals surface area contributed by atoms with E-state index in [2.05, 4.69) is 0 Å². The van der Waals surface area contributed by atoms with Crippen molar-refractivity contribution in [2.75, 3.05) is 5.73 Å². The van der Waals surface area contributed by atoms with Gasteiger partial charge in [0.2, 0.25) is 0 Å². The molecule has 0 aliphatic carbocycles. The minimum absolute atomic E-state index is 0.0909. The van der Waals surface area contributed by atoms with Crippen LogP contribution in [0.4, 0.5) is 5.69 Å². The minimum atomic E-state index is -0.535. The van der Waals surface area contributed by atoms with Crippen LogP contribution < -0.4 is 11.5 Å². The molecule has 1 aromatic carbocycles. The highest BCUT2D eigenvalue weighted by Gasteiger charge is 2.20. The van der Waals surface area contributed by atoms with Gasteiger partial charge >= 0.3 is 5.97 Å². The molecule has 0 aliphatic heterocycles. The van der Waals surface area contributed by atoms with Gasteiger partial charge in [-0.3, -0.25) is 0 Å². The highest BCUT2D eigenvalue weighted by atomic mass is 16.6. The third-order valence-corrected chi connectivity index (χ3v) is 2.56. The van der Waals surface area contributed by atoms with E-state index in [1.807, 2.05) is 33.8 Å². The molecule has 4 nitrogen and oxygen atoms in total. The average molecular weight is 250 g/mol. The first-order valence-corrected chi connectivity index (χ1v) is 6.13. The topological polar surface area (TPSA) is 78.3 Å². The molecule has 0 saturated heterocycles. The summed E-state index contributed by atoms with van der Waals surface area (Å²) in [6.07, 6.45) is 0.803. The summed E-state index contributed by atoms with van der Waals surface area (Å²) in [7, 11) is 0. The molecule has 0 saturated carbocycles. The van der Waals surface area contributed by atoms with Crippen molar-refractivity contribution in [3.05, 3.63) is 29.3 Å². The quantitative estimate of drug-likeness (QED) is 0.638. The molecule has 1 unspecified atom stereocenters. The Morgan fingerprint density at radius 2 is 2.00 bits per heavy atom. The average Bonchev–Trinajstić information content (AvgIpc) is 2.26. The maximum Gasteiger partial charge on any atom is 0.340 e. The van der Waals surface area contributed by atoms with Gasteiger partial charge in [0.05, 0.1) is 5.56 Å². The fourth-order valence-corrected chi connectivity index (χ4v) is 1.55. The van der Waals surface area contributed by atoms with E-state index in [4.69, 9.17) is 16.2 Å². The van der Waals surface area contributed by atoms with Gasteiger partial charge < -0.3 is 16.2 Å². The molecule has 4 heteroatoms. The Morgan fingerprint density at radius 3 is 2.50 bits per heavy atom. The van der Waals surface area contributed by atoms with E-state index in [9.17, 15) is 4.79 Å². The zero-order chi connectivity index (χ0) is 13.9. The van der Waals surface area contributed by atoms with Gasteiger partial charge in [-0.15, -0.1) is 0 Å². The van der Waals surface area contributed by atoms with E-state index in [0.29, 0.717) is 11.3 Å². The van der Waals surface area contributed by atoms with Crippen LogP contribution in [0, 0.1) is 0 Å². The fraction of sp³-hybridized carbons (Fsp3) is 0.500. The van der Waals surface area contributed by atoms with E-state index >= 15 is 0 Å². The zero-order valence-electron chi connectivity index (χ0n) is 11.5. The van der Waals surface area contributed by atoms with Crippen LogP contribution >= 0.6 is 0 Å². The summed E-state index contributed by atoms with van der Waals surface area (Å²) in [5.74, 6) is -0.412. The van der Waals surface area contributed by atoms with Crippen LogP contribution in [0.15, 0.2) is 18.2 Å².